The van der Waals surface area contributed by atoms with E-state index in [-0.39, 0.29) is 88.7 Å². The molecule has 0 radical (unpaired) electrons. The van der Waals surface area contributed by atoms with E-state index < -0.39 is 6.16 Å². The Morgan fingerprint density at radius 3 is 0.875 bits per heavy atom. The molecular formula is CHNa3O4. The van der Waals surface area contributed by atoms with Gasteiger partial charge < -0.3 is 20.4 Å². The van der Waals surface area contributed by atoms with Gasteiger partial charge in [0.05, 0.1) is 0 Å². The summed E-state index contributed by atoms with van der Waals surface area (Å²) in [5.74, 6) is 0. The van der Waals surface area contributed by atoms with Gasteiger partial charge in [-0.3, -0.25) is 0 Å². The van der Waals surface area contributed by atoms with Crippen molar-refractivity contribution in [1.29, 1.82) is 0 Å². The van der Waals surface area contributed by atoms with Crippen molar-refractivity contribution in [3.8, 4) is 0 Å². The van der Waals surface area contributed by atoms with E-state index in [0.717, 1.165) is 0 Å². The van der Waals surface area contributed by atoms with Gasteiger partial charge in [-0.25, -0.2) is 0 Å². The third kappa shape index (κ3) is 67.4. The molecule has 0 aromatic heterocycles. The zero-order valence-corrected chi connectivity index (χ0v) is 11.2. The van der Waals surface area contributed by atoms with Crippen molar-refractivity contribution in [2.24, 2.45) is 0 Å². The van der Waals surface area contributed by atoms with Crippen LogP contribution in [0.1, 0.15) is 0 Å². The minimum atomic E-state index is -4.25. The molecule has 0 saturated heterocycles. The predicted molar refractivity (Wildman–Crippen MR) is 4.95 cm³/mol. The third-order valence-corrected chi connectivity index (χ3v) is 0. The van der Waals surface area contributed by atoms with E-state index in [4.69, 9.17) is 20.4 Å². The average Bonchev–Trinajstić information content (AvgIpc) is 0.722. The van der Waals surface area contributed by atoms with E-state index in [9.17, 15) is 0 Å². The quantitative estimate of drug-likeness (QED) is 0.271. The fraction of sp³-hybridized carbons (Fsp3) is 1.00. The van der Waals surface area contributed by atoms with E-state index in [1.54, 1.807) is 0 Å². The first-order chi connectivity index (χ1) is 2.00. The van der Waals surface area contributed by atoms with Crippen LogP contribution in [0.2, 0.25) is 0 Å². The SMILES string of the molecule is [Na+].[Na+].[Na+].[O-]C([O-])([O-])O. The van der Waals surface area contributed by atoms with Crippen molar-refractivity contribution in [1.82, 2.24) is 0 Å². The van der Waals surface area contributed by atoms with Crippen LogP contribution in [0.25, 0.3) is 0 Å². The molecule has 0 aliphatic rings. The second-order valence-electron chi connectivity index (χ2n) is 0.524. The van der Waals surface area contributed by atoms with Crippen molar-refractivity contribution in [2.75, 3.05) is 0 Å². The monoisotopic (exact) mass is 146 g/mol. The predicted octanol–water partition coefficient (Wildman–Crippen LogP) is -13.3. The van der Waals surface area contributed by atoms with E-state index >= 15 is 0 Å². The van der Waals surface area contributed by atoms with Crippen LogP contribution < -0.4 is 104 Å². The van der Waals surface area contributed by atoms with E-state index in [1.807, 2.05) is 0 Å². The van der Waals surface area contributed by atoms with Gasteiger partial charge in [0.1, 0.15) is 0 Å². The first kappa shape index (κ1) is 22.4. The molecule has 0 fully saturated rings. The van der Waals surface area contributed by atoms with Crippen molar-refractivity contribution in [3.63, 3.8) is 0 Å². The van der Waals surface area contributed by atoms with Gasteiger partial charge in [0.25, 0.3) is 0 Å². The zero-order valence-electron chi connectivity index (χ0n) is 5.17. The third-order valence-electron chi connectivity index (χ3n) is 0. The summed E-state index contributed by atoms with van der Waals surface area (Å²) in [6.07, 6.45) is -4.25. The van der Waals surface area contributed by atoms with Crippen molar-refractivity contribution in [2.45, 2.75) is 6.16 Å². The van der Waals surface area contributed by atoms with E-state index in [0.29, 0.717) is 0 Å². The van der Waals surface area contributed by atoms with Gasteiger partial charge >= 0.3 is 88.7 Å². The van der Waals surface area contributed by atoms with Gasteiger partial charge in [-0.15, -0.1) is 0 Å². The van der Waals surface area contributed by atoms with Crippen molar-refractivity contribution in [3.05, 3.63) is 0 Å². The largest absolute Gasteiger partial charge is 1.00 e. The Bertz CT molecular complexity index is 26.8. The molecule has 8 heavy (non-hydrogen) atoms. The van der Waals surface area contributed by atoms with Crippen LogP contribution in [-0.2, 0) is 0 Å². The first-order valence-electron chi connectivity index (χ1n) is 0.836. The van der Waals surface area contributed by atoms with Gasteiger partial charge in [-0.05, 0) is 0 Å². The summed E-state index contributed by atoms with van der Waals surface area (Å²) in [6, 6.07) is 0. The fourth-order valence-corrected chi connectivity index (χ4v) is 0. The molecule has 7 heteroatoms. The summed E-state index contributed by atoms with van der Waals surface area (Å²) in [7, 11) is 0. The Morgan fingerprint density at radius 1 is 0.875 bits per heavy atom. The van der Waals surface area contributed by atoms with Crippen LogP contribution in [0.4, 0.5) is 0 Å². The normalized spacial score (nSPS) is 7.50. The maximum Gasteiger partial charge on any atom is 1.00 e. The Hall–Kier alpha value is 2.84. The number of rotatable bonds is 0. The second kappa shape index (κ2) is 9.84. The summed E-state index contributed by atoms with van der Waals surface area (Å²) in [5, 5.41) is 32.5. The molecule has 0 atom stereocenters. The Morgan fingerprint density at radius 2 is 0.875 bits per heavy atom. The van der Waals surface area contributed by atoms with Crippen LogP contribution in [-0.4, -0.2) is 11.3 Å². The molecule has 32 valence electrons. The van der Waals surface area contributed by atoms with E-state index in [2.05, 4.69) is 0 Å². The summed E-state index contributed by atoms with van der Waals surface area (Å²) in [5.41, 5.74) is 0. The molecule has 0 aliphatic heterocycles. The summed E-state index contributed by atoms with van der Waals surface area (Å²) >= 11 is 0. The molecule has 4 nitrogen and oxygen atoms in total. The topological polar surface area (TPSA) is 89.4 Å². The Labute approximate surface area is 113 Å². The molecule has 0 unspecified atom stereocenters. The van der Waals surface area contributed by atoms with Crippen LogP contribution in [0.3, 0.4) is 0 Å². The standard InChI is InChI=1S/CHO4.3Na/c2-1(3,4)5;;;/h2H;;;/q-3;3*+1. The summed E-state index contributed by atoms with van der Waals surface area (Å²) < 4.78 is 0. The van der Waals surface area contributed by atoms with Gasteiger partial charge in [-0.1, -0.05) is 0 Å². The van der Waals surface area contributed by atoms with Crippen molar-refractivity contribution >= 4 is 0 Å². The van der Waals surface area contributed by atoms with Crippen LogP contribution in [0.15, 0.2) is 0 Å². The molecule has 0 aliphatic carbocycles. The number of aliphatic hydroxyl groups is 1. The summed E-state index contributed by atoms with van der Waals surface area (Å²) in [4.78, 5) is 0. The minimum Gasteiger partial charge on any atom is -0.856 e. The minimum absolute atomic E-state index is 0. The van der Waals surface area contributed by atoms with Gasteiger partial charge in [0.2, 0.25) is 0 Å². The van der Waals surface area contributed by atoms with E-state index in [1.165, 1.54) is 0 Å². The van der Waals surface area contributed by atoms with Crippen molar-refractivity contribution < 1.29 is 109 Å². The molecule has 0 aromatic carbocycles. The van der Waals surface area contributed by atoms with Crippen LogP contribution >= 0.6 is 0 Å². The molecule has 0 rings (SSSR count). The molecule has 0 aromatic rings. The zero-order chi connectivity index (χ0) is 4.50. The number of hydrogen-bond acceptors (Lipinski definition) is 4. The fourth-order valence-electron chi connectivity index (χ4n) is 0. The maximum atomic E-state index is 8.55. The second-order valence-corrected chi connectivity index (χ2v) is 0.524. The molecular weight excluding hydrogens is 145 g/mol. The molecule has 0 saturated carbocycles. The molecule has 0 heterocycles. The van der Waals surface area contributed by atoms with Gasteiger partial charge in [0, 0.05) is 0 Å². The molecule has 0 bridgehead atoms. The first-order valence-corrected chi connectivity index (χ1v) is 0.836. The van der Waals surface area contributed by atoms with Crippen LogP contribution in [0.5, 0.6) is 0 Å². The van der Waals surface area contributed by atoms with Gasteiger partial charge in [-0.2, -0.15) is 6.16 Å². The molecule has 1 N–H and O–H groups in total. The molecule has 0 spiro atoms. The average molecular weight is 146 g/mol. The summed E-state index contributed by atoms with van der Waals surface area (Å²) in [6.45, 7) is 0. The maximum absolute atomic E-state index is 8.55. The number of hydrogen-bond donors (Lipinski definition) is 1. The Balaban J connectivity index is -0.0000000267. The smallest absolute Gasteiger partial charge is 0.856 e. The Kier molecular flexibility index (Phi) is 27.6. The molecule has 0 amide bonds. The van der Waals surface area contributed by atoms with Gasteiger partial charge in [0.15, 0.2) is 0 Å². The van der Waals surface area contributed by atoms with Crippen LogP contribution in [0, 0.1) is 0 Å².